The Kier molecular flexibility index (Phi) is 3.98. The molecule has 2 heterocycles. The minimum absolute atomic E-state index is 0.0992. The monoisotopic (exact) mass is 290 g/mol. The molecule has 1 aliphatic heterocycles. The van der Waals surface area contributed by atoms with E-state index < -0.39 is 0 Å². The lowest BCUT2D eigenvalue weighted by atomic mass is 10.1. The largest absolute Gasteiger partial charge is 0.380 e. The van der Waals surface area contributed by atoms with Crippen LogP contribution in [0.25, 0.3) is 10.2 Å². The lowest BCUT2D eigenvalue weighted by Gasteiger charge is -2.24. The fraction of sp³-hybridized carbons (Fsp3) is 0.467. The first kappa shape index (κ1) is 13.5. The Balaban J connectivity index is 1.79. The summed E-state index contributed by atoms with van der Waals surface area (Å²) in [5.41, 5.74) is 3.44. The van der Waals surface area contributed by atoms with Crippen molar-refractivity contribution < 1.29 is 9.53 Å². The second-order valence-corrected chi connectivity index (χ2v) is 5.88. The Morgan fingerprint density at radius 1 is 1.55 bits per heavy atom. The van der Waals surface area contributed by atoms with Crippen molar-refractivity contribution in [3.8, 4) is 0 Å². The fourth-order valence-corrected chi connectivity index (χ4v) is 3.35. The van der Waals surface area contributed by atoms with E-state index >= 15 is 0 Å². The first-order chi connectivity index (χ1) is 9.79. The lowest BCUT2D eigenvalue weighted by Crippen LogP contribution is -2.38. The maximum atomic E-state index is 12.6. The van der Waals surface area contributed by atoms with Crippen molar-refractivity contribution in [2.75, 3.05) is 19.8 Å². The molecule has 1 fully saturated rings. The van der Waals surface area contributed by atoms with Crippen LogP contribution in [0.4, 0.5) is 0 Å². The van der Waals surface area contributed by atoms with Gasteiger partial charge in [0, 0.05) is 18.7 Å². The zero-order valence-corrected chi connectivity index (χ0v) is 12.4. The summed E-state index contributed by atoms with van der Waals surface area (Å²) < 4.78 is 6.61. The number of ether oxygens (including phenoxy) is 1. The Morgan fingerprint density at radius 2 is 2.45 bits per heavy atom. The number of carbonyl (C=O) groups is 1. The highest BCUT2D eigenvalue weighted by Crippen LogP contribution is 2.23. The molecule has 4 nitrogen and oxygen atoms in total. The number of likely N-dealkylation sites (tertiary alicyclic amines) is 1. The SMILES string of the molecule is CCOCC1CCCN1C(=O)c1ccc2scnc2c1. The smallest absolute Gasteiger partial charge is 0.254 e. The second-order valence-electron chi connectivity index (χ2n) is 4.99. The molecular weight excluding hydrogens is 272 g/mol. The molecule has 0 bridgehead atoms. The van der Waals surface area contributed by atoms with E-state index in [9.17, 15) is 4.79 Å². The van der Waals surface area contributed by atoms with Crippen LogP contribution in [0.2, 0.25) is 0 Å². The first-order valence-electron chi connectivity index (χ1n) is 7.01. The van der Waals surface area contributed by atoms with Gasteiger partial charge >= 0.3 is 0 Å². The number of fused-ring (bicyclic) bond motifs is 1. The predicted molar refractivity (Wildman–Crippen MR) is 80.2 cm³/mol. The molecule has 5 heteroatoms. The summed E-state index contributed by atoms with van der Waals surface area (Å²) in [5, 5.41) is 0. The molecule has 0 aliphatic carbocycles. The quantitative estimate of drug-likeness (QED) is 0.869. The minimum atomic E-state index is 0.0992. The highest BCUT2D eigenvalue weighted by molar-refractivity contribution is 7.16. The summed E-state index contributed by atoms with van der Waals surface area (Å²) in [6, 6.07) is 5.99. The lowest BCUT2D eigenvalue weighted by molar-refractivity contribution is 0.0564. The maximum absolute atomic E-state index is 12.6. The van der Waals surface area contributed by atoms with Gasteiger partial charge in [0.2, 0.25) is 0 Å². The van der Waals surface area contributed by atoms with E-state index in [1.54, 1.807) is 11.3 Å². The Bertz CT molecular complexity index is 611. The summed E-state index contributed by atoms with van der Waals surface area (Å²) >= 11 is 1.60. The van der Waals surface area contributed by atoms with Crippen LogP contribution in [0, 0.1) is 0 Å². The van der Waals surface area contributed by atoms with Gasteiger partial charge in [-0.15, -0.1) is 11.3 Å². The third kappa shape index (κ3) is 2.55. The molecule has 0 spiro atoms. The summed E-state index contributed by atoms with van der Waals surface area (Å²) in [5.74, 6) is 0.0992. The first-order valence-corrected chi connectivity index (χ1v) is 7.89. The van der Waals surface area contributed by atoms with Crippen molar-refractivity contribution in [3.05, 3.63) is 29.3 Å². The molecule has 1 atom stereocenters. The molecule has 20 heavy (non-hydrogen) atoms. The van der Waals surface area contributed by atoms with E-state index in [2.05, 4.69) is 4.98 Å². The molecule has 2 aromatic rings. The van der Waals surface area contributed by atoms with Gasteiger partial charge in [-0.05, 0) is 38.0 Å². The van der Waals surface area contributed by atoms with Crippen molar-refractivity contribution in [1.82, 2.24) is 9.88 Å². The molecule has 0 saturated carbocycles. The number of benzene rings is 1. The number of rotatable bonds is 4. The third-order valence-corrected chi connectivity index (χ3v) is 4.54. The molecule has 1 unspecified atom stereocenters. The van der Waals surface area contributed by atoms with Gasteiger partial charge in [-0.25, -0.2) is 4.98 Å². The molecule has 1 aliphatic rings. The van der Waals surface area contributed by atoms with Crippen LogP contribution in [0.5, 0.6) is 0 Å². The van der Waals surface area contributed by atoms with Gasteiger partial charge in [-0.3, -0.25) is 4.79 Å². The Morgan fingerprint density at radius 3 is 3.30 bits per heavy atom. The number of aromatic nitrogens is 1. The molecule has 1 amide bonds. The van der Waals surface area contributed by atoms with Crippen LogP contribution < -0.4 is 0 Å². The van der Waals surface area contributed by atoms with Gasteiger partial charge < -0.3 is 9.64 Å². The summed E-state index contributed by atoms with van der Waals surface area (Å²) in [4.78, 5) is 18.9. The van der Waals surface area contributed by atoms with Crippen molar-refractivity contribution in [1.29, 1.82) is 0 Å². The predicted octanol–water partition coefficient (Wildman–Crippen LogP) is 2.94. The van der Waals surface area contributed by atoms with Gasteiger partial charge in [-0.2, -0.15) is 0 Å². The van der Waals surface area contributed by atoms with Crippen LogP contribution in [0.3, 0.4) is 0 Å². The zero-order chi connectivity index (χ0) is 13.9. The van der Waals surface area contributed by atoms with Gasteiger partial charge in [0.1, 0.15) is 0 Å². The van der Waals surface area contributed by atoms with E-state index in [0.29, 0.717) is 13.2 Å². The average Bonchev–Trinajstić information content (AvgIpc) is 3.12. The van der Waals surface area contributed by atoms with Crippen molar-refractivity contribution in [3.63, 3.8) is 0 Å². The van der Waals surface area contributed by atoms with Crippen LogP contribution in [-0.2, 0) is 4.74 Å². The van der Waals surface area contributed by atoms with Gasteiger partial charge in [-0.1, -0.05) is 0 Å². The van der Waals surface area contributed by atoms with E-state index in [0.717, 1.165) is 35.2 Å². The zero-order valence-electron chi connectivity index (χ0n) is 11.5. The van der Waals surface area contributed by atoms with E-state index in [4.69, 9.17) is 4.74 Å². The van der Waals surface area contributed by atoms with Crippen LogP contribution in [-0.4, -0.2) is 41.6 Å². The number of carbonyl (C=O) groups excluding carboxylic acids is 1. The molecular formula is C15H18N2O2S. The summed E-state index contributed by atoms with van der Waals surface area (Å²) in [7, 11) is 0. The fourth-order valence-electron chi connectivity index (χ4n) is 2.69. The molecule has 1 aromatic carbocycles. The molecule has 3 rings (SSSR count). The molecule has 106 valence electrons. The van der Waals surface area contributed by atoms with E-state index in [1.807, 2.05) is 35.5 Å². The number of amides is 1. The van der Waals surface area contributed by atoms with Crippen LogP contribution in [0.15, 0.2) is 23.7 Å². The van der Waals surface area contributed by atoms with Crippen molar-refractivity contribution in [2.24, 2.45) is 0 Å². The van der Waals surface area contributed by atoms with Gasteiger partial charge in [0.15, 0.2) is 0 Å². The maximum Gasteiger partial charge on any atom is 0.254 e. The topological polar surface area (TPSA) is 42.4 Å². The van der Waals surface area contributed by atoms with Crippen LogP contribution >= 0.6 is 11.3 Å². The number of thiazole rings is 1. The summed E-state index contributed by atoms with van der Waals surface area (Å²) in [6.45, 7) is 4.15. The van der Waals surface area contributed by atoms with Crippen molar-refractivity contribution >= 4 is 27.5 Å². The Hall–Kier alpha value is -1.46. The summed E-state index contributed by atoms with van der Waals surface area (Å²) in [6.07, 6.45) is 2.09. The minimum Gasteiger partial charge on any atom is -0.380 e. The third-order valence-electron chi connectivity index (χ3n) is 3.73. The standard InChI is InChI=1S/C15H18N2O2S/c1-2-19-9-12-4-3-7-17(12)15(18)11-5-6-14-13(8-11)16-10-20-14/h5-6,8,10,12H,2-4,7,9H2,1H3. The molecule has 1 saturated heterocycles. The van der Waals surface area contributed by atoms with E-state index in [-0.39, 0.29) is 11.9 Å². The highest BCUT2D eigenvalue weighted by Gasteiger charge is 2.29. The molecule has 0 radical (unpaired) electrons. The second kappa shape index (κ2) is 5.89. The van der Waals surface area contributed by atoms with Gasteiger partial charge in [0.25, 0.3) is 5.91 Å². The normalized spacial score (nSPS) is 18.9. The van der Waals surface area contributed by atoms with Crippen LogP contribution in [0.1, 0.15) is 30.1 Å². The Labute approximate surface area is 122 Å². The number of nitrogens with zero attached hydrogens (tertiary/aromatic N) is 2. The highest BCUT2D eigenvalue weighted by atomic mass is 32.1. The molecule has 0 N–H and O–H groups in total. The van der Waals surface area contributed by atoms with E-state index in [1.165, 1.54) is 0 Å². The molecule has 1 aromatic heterocycles. The van der Waals surface area contributed by atoms with Crippen molar-refractivity contribution in [2.45, 2.75) is 25.8 Å². The average molecular weight is 290 g/mol. The number of hydrogen-bond donors (Lipinski definition) is 0. The van der Waals surface area contributed by atoms with Gasteiger partial charge in [0.05, 0.1) is 28.4 Å². The number of hydrogen-bond acceptors (Lipinski definition) is 4.